The molecule has 0 N–H and O–H groups in total. The number of benzene rings is 3. The van der Waals surface area contributed by atoms with Crippen molar-refractivity contribution in [1.29, 1.82) is 0 Å². The van der Waals surface area contributed by atoms with Crippen LogP contribution in [0.2, 0.25) is 0 Å². The van der Waals surface area contributed by atoms with E-state index in [0.29, 0.717) is 0 Å². The molecule has 0 atom stereocenters. The molecule has 3 heteroatoms. The summed E-state index contributed by atoms with van der Waals surface area (Å²) in [6.07, 6.45) is 1.95. The monoisotopic (exact) mass is 436 g/mol. The lowest BCUT2D eigenvalue weighted by Crippen LogP contribution is -2.12. The van der Waals surface area contributed by atoms with Gasteiger partial charge in [-0.1, -0.05) is 63.2 Å². The number of rotatable bonds is 3. The molecule has 0 aliphatic rings. The average Bonchev–Trinajstić information content (AvgIpc) is 3.14. The molecule has 2 heterocycles. The van der Waals surface area contributed by atoms with Gasteiger partial charge in [-0.25, -0.2) is 0 Å². The van der Waals surface area contributed by atoms with Gasteiger partial charge in [0.05, 0.1) is 15.4 Å². The Morgan fingerprint density at radius 3 is 2.31 bits per heavy atom. The van der Waals surface area contributed by atoms with Gasteiger partial charge in [0.25, 0.3) is 0 Å². The Kier molecular flexibility index (Phi) is 5.02. The number of nitrogens with zero attached hydrogens (tertiary/aromatic N) is 2. The normalized spacial score (nSPS) is 11.9. The van der Waals surface area contributed by atoms with Crippen molar-refractivity contribution in [3.63, 3.8) is 0 Å². The molecule has 0 radical (unpaired) electrons. The molecule has 0 saturated carbocycles. The van der Waals surface area contributed by atoms with E-state index in [-0.39, 0.29) is 5.41 Å². The summed E-state index contributed by atoms with van der Waals surface area (Å²) in [6, 6.07) is 26.0. The minimum Gasteiger partial charge on any atom is -0.336 e. The van der Waals surface area contributed by atoms with Crippen molar-refractivity contribution in [3.05, 3.63) is 90.1 Å². The van der Waals surface area contributed by atoms with Gasteiger partial charge < -0.3 is 4.90 Å². The van der Waals surface area contributed by atoms with E-state index in [1.54, 1.807) is 0 Å². The van der Waals surface area contributed by atoms with Crippen molar-refractivity contribution in [2.45, 2.75) is 33.1 Å². The van der Waals surface area contributed by atoms with E-state index < -0.39 is 0 Å². The lowest BCUT2D eigenvalue weighted by molar-refractivity contribution is 0.596. The molecule has 160 valence electrons. The van der Waals surface area contributed by atoms with Crippen LogP contribution in [0, 0.1) is 6.92 Å². The lowest BCUT2D eigenvalue weighted by atomic mass is 9.82. The van der Waals surface area contributed by atoms with Crippen LogP contribution >= 0.6 is 11.3 Å². The second-order valence-corrected chi connectivity index (χ2v) is 10.5. The van der Waals surface area contributed by atoms with Crippen LogP contribution in [0.4, 0.5) is 10.7 Å². The maximum atomic E-state index is 4.89. The van der Waals surface area contributed by atoms with Gasteiger partial charge in [-0.05, 0) is 64.6 Å². The molecule has 0 aliphatic heterocycles. The van der Waals surface area contributed by atoms with E-state index in [9.17, 15) is 0 Å². The summed E-state index contributed by atoms with van der Waals surface area (Å²) in [5.74, 6) is 0. The van der Waals surface area contributed by atoms with Gasteiger partial charge in [0.1, 0.15) is 0 Å². The first-order valence-electron chi connectivity index (χ1n) is 11.0. The predicted octanol–water partition coefficient (Wildman–Crippen LogP) is 8.49. The first-order valence-corrected chi connectivity index (χ1v) is 11.9. The Morgan fingerprint density at radius 2 is 1.56 bits per heavy atom. The van der Waals surface area contributed by atoms with E-state index in [4.69, 9.17) is 4.98 Å². The number of hydrogen-bond acceptors (Lipinski definition) is 3. The highest BCUT2D eigenvalue weighted by Gasteiger charge is 2.21. The summed E-state index contributed by atoms with van der Waals surface area (Å²) in [6.45, 7) is 9.08. The SMILES string of the molecule is Cc1c(N(C)c2ccccc2)sc2c(-c3cc(C(C)(C)C)c4ccccc4c3)nccc12. The first-order chi connectivity index (χ1) is 15.3. The molecule has 0 amide bonds. The fraction of sp³-hybridized carbons (Fsp3) is 0.207. The van der Waals surface area contributed by atoms with Crippen LogP contribution in [0.1, 0.15) is 31.9 Å². The van der Waals surface area contributed by atoms with Crippen molar-refractivity contribution in [2.24, 2.45) is 0 Å². The molecule has 2 aromatic heterocycles. The lowest BCUT2D eigenvalue weighted by Gasteiger charge is -2.22. The third kappa shape index (κ3) is 3.47. The Labute approximate surface area is 194 Å². The van der Waals surface area contributed by atoms with Crippen LogP contribution in [0.3, 0.4) is 0 Å². The highest BCUT2D eigenvalue weighted by molar-refractivity contribution is 7.23. The zero-order valence-electron chi connectivity index (χ0n) is 19.3. The molecule has 0 bridgehead atoms. The molecule has 0 unspecified atom stereocenters. The molecule has 3 aromatic carbocycles. The standard InChI is InChI=1S/C29H28N2S/c1-19-23-15-16-30-26(27(23)32-28(19)31(5)22-12-7-6-8-13-22)21-17-20-11-9-10-14-24(20)25(18-21)29(2,3)4/h6-18H,1-5H3. The van der Waals surface area contributed by atoms with Gasteiger partial charge in [0.2, 0.25) is 0 Å². The smallest absolute Gasteiger partial charge is 0.0993 e. The minimum absolute atomic E-state index is 0.0492. The maximum Gasteiger partial charge on any atom is 0.0993 e. The van der Waals surface area contributed by atoms with Crippen LogP contribution < -0.4 is 4.90 Å². The molecule has 0 fully saturated rings. The van der Waals surface area contributed by atoms with Crippen LogP contribution in [-0.4, -0.2) is 12.0 Å². The summed E-state index contributed by atoms with van der Waals surface area (Å²) in [7, 11) is 2.15. The van der Waals surface area contributed by atoms with E-state index in [2.05, 4.69) is 112 Å². The molecule has 2 nitrogen and oxygen atoms in total. The number of hydrogen-bond donors (Lipinski definition) is 0. The van der Waals surface area contributed by atoms with Gasteiger partial charge in [-0.15, -0.1) is 11.3 Å². The van der Waals surface area contributed by atoms with Gasteiger partial charge >= 0.3 is 0 Å². The van der Waals surface area contributed by atoms with E-state index in [1.165, 1.54) is 48.2 Å². The average molecular weight is 437 g/mol. The van der Waals surface area contributed by atoms with Crippen LogP contribution in [0.25, 0.3) is 32.1 Å². The fourth-order valence-corrected chi connectivity index (χ4v) is 5.79. The van der Waals surface area contributed by atoms with E-state index in [0.717, 1.165) is 5.69 Å². The number of para-hydroxylation sites is 1. The summed E-state index contributed by atoms with van der Waals surface area (Å²) in [5, 5.41) is 5.13. The molecule has 0 saturated heterocycles. The number of aryl methyl sites for hydroxylation is 1. The number of pyridine rings is 1. The Hall–Kier alpha value is -3.17. The summed E-state index contributed by atoms with van der Waals surface area (Å²) >= 11 is 1.83. The number of anilines is 2. The quantitative estimate of drug-likeness (QED) is 0.282. The number of fused-ring (bicyclic) bond motifs is 2. The first kappa shape index (κ1) is 20.7. The third-order valence-electron chi connectivity index (χ3n) is 6.22. The second kappa shape index (κ2) is 7.75. The van der Waals surface area contributed by atoms with E-state index in [1.807, 2.05) is 17.5 Å². The number of aromatic nitrogens is 1. The minimum atomic E-state index is 0.0492. The van der Waals surface area contributed by atoms with Gasteiger partial charge in [0.15, 0.2) is 0 Å². The maximum absolute atomic E-state index is 4.89. The number of thiophene rings is 1. The fourth-order valence-electron chi connectivity index (χ4n) is 4.50. The molecule has 32 heavy (non-hydrogen) atoms. The molecule has 0 spiro atoms. The summed E-state index contributed by atoms with van der Waals surface area (Å²) in [5.41, 5.74) is 6.16. The van der Waals surface area contributed by atoms with Crippen molar-refractivity contribution in [2.75, 3.05) is 11.9 Å². The largest absolute Gasteiger partial charge is 0.336 e. The highest BCUT2D eigenvalue weighted by Crippen LogP contribution is 2.44. The topological polar surface area (TPSA) is 16.1 Å². The van der Waals surface area contributed by atoms with Crippen molar-refractivity contribution < 1.29 is 0 Å². The second-order valence-electron chi connectivity index (χ2n) is 9.46. The molecule has 5 rings (SSSR count). The Balaban J connectivity index is 1.73. The zero-order chi connectivity index (χ0) is 22.5. The van der Waals surface area contributed by atoms with E-state index >= 15 is 0 Å². The molecular formula is C29H28N2S. The zero-order valence-corrected chi connectivity index (χ0v) is 20.1. The van der Waals surface area contributed by atoms with Gasteiger partial charge in [-0.3, -0.25) is 4.98 Å². The van der Waals surface area contributed by atoms with Crippen molar-refractivity contribution in [1.82, 2.24) is 4.98 Å². The molecule has 0 aliphatic carbocycles. The molecule has 5 aromatic rings. The highest BCUT2D eigenvalue weighted by atomic mass is 32.1. The Morgan fingerprint density at radius 1 is 0.844 bits per heavy atom. The Bertz CT molecular complexity index is 1420. The van der Waals surface area contributed by atoms with Crippen LogP contribution in [0.15, 0.2) is 79.0 Å². The summed E-state index contributed by atoms with van der Waals surface area (Å²) in [4.78, 5) is 7.17. The van der Waals surface area contributed by atoms with Gasteiger partial charge in [0, 0.05) is 29.9 Å². The third-order valence-corrected chi connectivity index (χ3v) is 7.61. The van der Waals surface area contributed by atoms with Crippen molar-refractivity contribution >= 4 is 42.9 Å². The van der Waals surface area contributed by atoms with Gasteiger partial charge in [-0.2, -0.15) is 0 Å². The molecular weight excluding hydrogens is 408 g/mol. The van der Waals surface area contributed by atoms with Crippen LogP contribution in [0.5, 0.6) is 0 Å². The van der Waals surface area contributed by atoms with Crippen molar-refractivity contribution in [3.8, 4) is 11.3 Å². The summed E-state index contributed by atoms with van der Waals surface area (Å²) < 4.78 is 1.25. The predicted molar refractivity (Wildman–Crippen MR) is 141 cm³/mol. The van der Waals surface area contributed by atoms with Crippen LogP contribution in [-0.2, 0) is 5.41 Å².